The van der Waals surface area contributed by atoms with Crippen LogP contribution in [-0.2, 0) is 22.9 Å². The van der Waals surface area contributed by atoms with E-state index in [1.807, 2.05) is 54.8 Å². The Kier molecular flexibility index (Phi) is 13.5. The van der Waals surface area contributed by atoms with Gasteiger partial charge >= 0.3 is 5.97 Å². The van der Waals surface area contributed by atoms with E-state index in [1.54, 1.807) is 96.1 Å². The Morgan fingerprint density at radius 2 is 1.07 bits per heavy atom. The van der Waals surface area contributed by atoms with Crippen LogP contribution in [0.3, 0.4) is 0 Å². The van der Waals surface area contributed by atoms with E-state index in [1.165, 1.54) is 26.4 Å². The highest BCUT2D eigenvalue weighted by atomic mass is 35.5. The van der Waals surface area contributed by atoms with Gasteiger partial charge in [0.1, 0.15) is 11.4 Å². The Bertz CT molecular complexity index is 3450. The van der Waals surface area contributed by atoms with E-state index in [4.69, 9.17) is 32.7 Å². The van der Waals surface area contributed by atoms with Crippen LogP contribution >= 0.6 is 23.2 Å². The lowest BCUT2D eigenvalue weighted by Crippen LogP contribution is -2.20. The van der Waals surface area contributed by atoms with Crippen molar-refractivity contribution in [2.45, 2.75) is 31.8 Å². The molecule has 9 rings (SSSR count). The molecule has 67 heavy (non-hydrogen) atoms. The molecule has 16 heteroatoms. The van der Waals surface area contributed by atoms with Crippen molar-refractivity contribution < 1.29 is 32.6 Å². The van der Waals surface area contributed by atoms with Gasteiger partial charge in [0.15, 0.2) is 15.6 Å². The summed E-state index contributed by atoms with van der Waals surface area (Å²) in [7, 11) is -0.899. The molecule has 0 fully saturated rings. The molecule has 0 aliphatic carbocycles. The molecule has 1 N–H and O–H groups in total. The lowest BCUT2D eigenvalue weighted by Gasteiger charge is -2.14. The first kappa shape index (κ1) is 46.2. The van der Waals surface area contributed by atoms with Crippen LogP contribution in [0.4, 0.5) is 0 Å². The van der Waals surface area contributed by atoms with Gasteiger partial charge in [-0.05, 0) is 122 Å². The highest BCUT2D eigenvalue weighted by Crippen LogP contribution is 2.42. The van der Waals surface area contributed by atoms with E-state index in [9.17, 15) is 23.1 Å². The van der Waals surface area contributed by atoms with E-state index in [2.05, 4.69) is 19.9 Å². The summed E-state index contributed by atoms with van der Waals surface area (Å²) < 4.78 is 41.1. The van der Waals surface area contributed by atoms with Gasteiger partial charge in [-0.25, -0.2) is 23.2 Å². The number of benzene rings is 3. The van der Waals surface area contributed by atoms with Gasteiger partial charge in [-0.2, -0.15) is 0 Å². The minimum atomic E-state index is -3.91. The fraction of sp³-hybridized carbons (Fsp3) is 0.137. The number of aromatic carboxylic acids is 1. The van der Waals surface area contributed by atoms with Crippen molar-refractivity contribution in [3.63, 3.8) is 0 Å². The van der Waals surface area contributed by atoms with Crippen LogP contribution in [-0.4, -0.2) is 74.3 Å². The van der Waals surface area contributed by atoms with Crippen molar-refractivity contribution in [3.8, 4) is 34.0 Å². The molecule has 0 amide bonds. The Morgan fingerprint density at radius 1 is 0.597 bits per heavy atom. The van der Waals surface area contributed by atoms with Crippen molar-refractivity contribution in [1.29, 1.82) is 0 Å². The van der Waals surface area contributed by atoms with Gasteiger partial charge < -0.3 is 23.7 Å². The number of fused-ring (bicyclic) bond motifs is 2. The SMILES string of the molecule is COc1ncccc1-c1c(C(=O)CS(=O)(=O)c2ccccc2)n(Cc2ccnc(C)c2)c2ccc(Cl)cc12.COc1ncccc1-c1c(C(=O)O)n(Cc2ccnc(C)c2)c2ccc(Cl)cc12. The van der Waals surface area contributed by atoms with Crippen molar-refractivity contribution in [2.75, 3.05) is 20.0 Å². The summed E-state index contributed by atoms with van der Waals surface area (Å²) in [6.45, 7) is 4.49. The van der Waals surface area contributed by atoms with Crippen LogP contribution in [0, 0.1) is 13.8 Å². The zero-order valence-electron chi connectivity index (χ0n) is 36.6. The number of hydrogen-bond donors (Lipinski definition) is 1. The largest absolute Gasteiger partial charge is 0.481 e. The number of methoxy groups -OCH3 is 2. The second kappa shape index (κ2) is 19.6. The molecule has 0 atom stereocenters. The van der Waals surface area contributed by atoms with E-state index < -0.39 is 27.3 Å². The third-order valence-corrected chi connectivity index (χ3v) is 13.1. The number of aryl methyl sites for hydroxylation is 2. The molecule has 338 valence electrons. The lowest BCUT2D eigenvalue weighted by atomic mass is 10.0. The van der Waals surface area contributed by atoms with Gasteiger partial charge in [0.25, 0.3) is 0 Å². The molecule has 0 unspecified atom stereocenters. The number of rotatable bonds is 13. The number of carbonyl (C=O) groups excluding carboxylic acids is 1. The number of pyridine rings is 4. The molecule has 0 radical (unpaired) electrons. The number of ketones is 1. The van der Waals surface area contributed by atoms with E-state index in [0.717, 1.165) is 38.9 Å². The molecule has 0 aliphatic heterocycles. The predicted octanol–water partition coefficient (Wildman–Crippen LogP) is 10.6. The zero-order chi connectivity index (χ0) is 47.4. The summed E-state index contributed by atoms with van der Waals surface area (Å²) in [5.74, 6) is -1.62. The average molecular weight is 954 g/mol. The van der Waals surface area contributed by atoms with Gasteiger partial charge in [-0.3, -0.25) is 14.8 Å². The highest BCUT2D eigenvalue weighted by molar-refractivity contribution is 7.92. The molecule has 13 nitrogen and oxygen atoms in total. The maximum atomic E-state index is 14.1. The van der Waals surface area contributed by atoms with Crippen molar-refractivity contribution in [2.24, 2.45) is 0 Å². The number of Topliss-reactive ketones (excluding diaryl/α,β-unsaturated/α-hetero) is 1. The molecular formula is C51H42Cl2N6O7S. The number of nitrogens with zero attached hydrogens (tertiary/aromatic N) is 6. The summed E-state index contributed by atoms with van der Waals surface area (Å²) in [6, 6.07) is 33.4. The first-order chi connectivity index (χ1) is 32.3. The average Bonchev–Trinajstić information content (AvgIpc) is 3.80. The van der Waals surface area contributed by atoms with Crippen molar-refractivity contribution in [1.82, 2.24) is 29.1 Å². The number of carbonyl (C=O) groups is 2. The van der Waals surface area contributed by atoms with Crippen LogP contribution in [0.15, 0.2) is 145 Å². The zero-order valence-corrected chi connectivity index (χ0v) is 39.0. The molecule has 9 aromatic rings. The third-order valence-electron chi connectivity index (χ3n) is 11.0. The van der Waals surface area contributed by atoms with Crippen LogP contribution in [0.1, 0.15) is 43.5 Å². The van der Waals surface area contributed by atoms with Crippen LogP contribution in [0.5, 0.6) is 11.8 Å². The number of halogens is 2. The summed E-state index contributed by atoms with van der Waals surface area (Å²) in [5, 5.41) is 12.6. The second-order valence-electron chi connectivity index (χ2n) is 15.5. The minimum absolute atomic E-state index is 0.0873. The normalized spacial score (nSPS) is 11.3. The number of aromatic nitrogens is 6. The quantitative estimate of drug-likeness (QED) is 0.109. The number of carboxylic acid groups (broad SMARTS) is 1. The predicted molar refractivity (Wildman–Crippen MR) is 259 cm³/mol. The second-order valence-corrected chi connectivity index (χ2v) is 18.3. The number of hydrogen-bond acceptors (Lipinski definition) is 10. The minimum Gasteiger partial charge on any atom is -0.481 e. The molecule has 6 heterocycles. The Labute approximate surface area is 396 Å². The lowest BCUT2D eigenvalue weighted by molar-refractivity contribution is 0.0687. The maximum absolute atomic E-state index is 14.1. The Balaban J connectivity index is 0.000000188. The molecular weight excluding hydrogens is 912 g/mol. The number of ether oxygens (including phenoxy) is 2. The summed E-state index contributed by atoms with van der Waals surface area (Å²) in [6.07, 6.45) is 6.63. The van der Waals surface area contributed by atoms with E-state index in [-0.39, 0.29) is 16.3 Å². The summed E-state index contributed by atoms with van der Waals surface area (Å²) >= 11 is 12.7. The molecule has 3 aromatic carbocycles. The topological polar surface area (TPSA) is 168 Å². The number of carboxylic acids is 1. The molecule has 0 bridgehead atoms. The monoisotopic (exact) mass is 952 g/mol. The standard InChI is InChI=1S/C29H24ClN3O4S.C22H18ClN3O3/c1-19-15-20(12-14-31-19)17-33-25-11-10-21(30)16-24(25)27(23-9-6-13-32-29(23)37-2)28(33)26(34)18-38(35,36)22-7-4-3-5-8-22;1-13-10-14(7-9-24-13)12-26-18-6-5-15(23)11-17(18)19(20(26)22(27)28)16-4-3-8-25-21(16)29-2/h3-16H,17-18H2,1-2H3;3-11H,12H2,1-2H3,(H,27,28). The van der Waals surface area contributed by atoms with E-state index in [0.29, 0.717) is 62.5 Å². The molecule has 0 aliphatic rings. The van der Waals surface area contributed by atoms with Gasteiger partial charge in [0.2, 0.25) is 11.8 Å². The number of sulfone groups is 1. The fourth-order valence-electron chi connectivity index (χ4n) is 8.25. The first-order valence-corrected chi connectivity index (χ1v) is 23.2. The summed E-state index contributed by atoms with van der Waals surface area (Å²) in [4.78, 5) is 43.6. The van der Waals surface area contributed by atoms with Gasteiger partial charge in [0.05, 0.1) is 24.8 Å². The fourth-order valence-corrected chi connectivity index (χ4v) is 9.81. The first-order valence-electron chi connectivity index (χ1n) is 20.8. The van der Waals surface area contributed by atoms with Gasteiger partial charge in [-0.1, -0.05) is 41.4 Å². The maximum Gasteiger partial charge on any atom is 0.353 e. The molecule has 0 saturated carbocycles. The highest BCUT2D eigenvalue weighted by Gasteiger charge is 2.31. The molecule has 0 saturated heterocycles. The Hall–Kier alpha value is -7.39. The van der Waals surface area contributed by atoms with Crippen LogP contribution in [0.2, 0.25) is 10.0 Å². The third kappa shape index (κ3) is 9.64. The van der Waals surface area contributed by atoms with Crippen molar-refractivity contribution in [3.05, 3.63) is 184 Å². The Morgan fingerprint density at radius 3 is 1.54 bits per heavy atom. The van der Waals surface area contributed by atoms with Gasteiger partial charge in [0, 0.05) is 103 Å². The summed E-state index contributed by atoms with van der Waals surface area (Å²) in [5.41, 5.74) is 7.67. The smallest absolute Gasteiger partial charge is 0.353 e. The van der Waals surface area contributed by atoms with Crippen molar-refractivity contribution >= 4 is 66.6 Å². The molecule has 0 spiro atoms. The molecule has 6 aromatic heterocycles. The van der Waals surface area contributed by atoms with Crippen LogP contribution in [0.25, 0.3) is 44.1 Å². The van der Waals surface area contributed by atoms with Crippen LogP contribution < -0.4 is 9.47 Å². The van der Waals surface area contributed by atoms with E-state index >= 15 is 0 Å². The van der Waals surface area contributed by atoms with Gasteiger partial charge in [-0.15, -0.1) is 0 Å².